The molecule has 0 radical (unpaired) electrons. The Bertz CT molecular complexity index is 290. The molecule has 0 bridgehead atoms. The van der Waals surface area contributed by atoms with Crippen molar-refractivity contribution in [3.8, 4) is 0 Å². The van der Waals surface area contributed by atoms with Gasteiger partial charge in [0.1, 0.15) is 0 Å². The van der Waals surface area contributed by atoms with E-state index >= 15 is 0 Å². The summed E-state index contributed by atoms with van der Waals surface area (Å²) in [5, 5.41) is 0. The predicted molar refractivity (Wildman–Crippen MR) is 72.0 cm³/mol. The molecule has 96 valence electrons. The maximum Gasteiger partial charge on any atom is 0.0593 e. The zero-order valence-electron chi connectivity index (χ0n) is 10.9. The van der Waals surface area contributed by atoms with Crippen LogP contribution in [0, 0.1) is 0 Å². The number of nitrogens with zero attached hydrogens (tertiary/aromatic N) is 1. The highest BCUT2D eigenvalue weighted by atomic mass is 16.5. The molecule has 1 atom stereocenters. The van der Waals surface area contributed by atoms with Crippen molar-refractivity contribution in [3.63, 3.8) is 0 Å². The van der Waals surface area contributed by atoms with Crippen LogP contribution in [0.1, 0.15) is 25.5 Å². The lowest BCUT2D eigenvalue weighted by Crippen LogP contribution is -2.34. The molecule has 0 aromatic heterocycles. The van der Waals surface area contributed by atoms with Crippen LogP contribution in [-0.2, 0) is 4.74 Å². The summed E-state index contributed by atoms with van der Waals surface area (Å²) in [6.45, 7) is 8.58. The lowest BCUT2D eigenvalue weighted by atomic mass is 10.1. The second-order valence-corrected chi connectivity index (χ2v) is 4.11. The molecule has 3 heteroatoms. The zero-order chi connectivity index (χ0) is 12.5. The molecular formula is C14H24N2O. The summed E-state index contributed by atoms with van der Waals surface area (Å²) in [6, 6.07) is 10.3. The van der Waals surface area contributed by atoms with E-state index in [-0.39, 0.29) is 6.04 Å². The molecule has 0 saturated heterocycles. The maximum absolute atomic E-state index is 6.19. The van der Waals surface area contributed by atoms with Crippen LogP contribution in [0.25, 0.3) is 0 Å². The topological polar surface area (TPSA) is 38.5 Å². The van der Waals surface area contributed by atoms with Gasteiger partial charge in [-0.3, -0.25) is 4.90 Å². The molecule has 0 fully saturated rings. The van der Waals surface area contributed by atoms with Gasteiger partial charge in [-0.25, -0.2) is 0 Å². The third-order valence-corrected chi connectivity index (χ3v) is 2.89. The lowest BCUT2D eigenvalue weighted by Gasteiger charge is -2.24. The third-order valence-electron chi connectivity index (χ3n) is 2.89. The minimum absolute atomic E-state index is 0.0813. The van der Waals surface area contributed by atoms with Gasteiger partial charge < -0.3 is 10.5 Å². The summed E-state index contributed by atoms with van der Waals surface area (Å²) in [4.78, 5) is 2.33. The van der Waals surface area contributed by atoms with Gasteiger partial charge in [-0.15, -0.1) is 0 Å². The first-order chi connectivity index (χ1) is 8.27. The number of hydrogen-bond acceptors (Lipinski definition) is 3. The number of likely N-dealkylation sites (N-methyl/N-ethyl adjacent to an activating group) is 1. The van der Waals surface area contributed by atoms with Crippen molar-refractivity contribution >= 4 is 0 Å². The fourth-order valence-corrected chi connectivity index (χ4v) is 1.80. The monoisotopic (exact) mass is 236 g/mol. The van der Waals surface area contributed by atoms with E-state index in [4.69, 9.17) is 10.5 Å². The first kappa shape index (κ1) is 14.2. The van der Waals surface area contributed by atoms with E-state index in [1.54, 1.807) is 0 Å². The van der Waals surface area contributed by atoms with Crippen molar-refractivity contribution in [2.24, 2.45) is 5.73 Å². The van der Waals surface area contributed by atoms with Crippen LogP contribution < -0.4 is 5.73 Å². The molecule has 1 aromatic rings. The number of rotatable bonds is 8. The van der Waals surface area contributed by atoms with Crippen molar-refractivity contribution < 1.29 is 4.74 Å². The van der Waals surface area contributed by atoms with Gasteiger partial charge in [0.25, 0.3) is 0 Å². The number of nitrogens with two attached hydrogens (primary N) is 1. The van der Waals surface area contributed by atoms with Crippen LogP contribution in [0.4, 0.5) is 0 Å². The van der Waals surface area contributed by atoms with Crippen LogP contribution in [-0.4, -0.2) is 37.7 Å². The Morgan fingerprint density at radius 1 is 1.24 bits per heavy atom. The highest BCUT2D eigenvalue weighted by Crippen LogP contribution is 2.10. The highest BCUT2D eigenvalue weighted by Gasteiger charge is 2.10. The van der Waals surface area contributed by atoms with Crippen LogP contribution in [0.2, 0.25) is 0 Å². The van der Waals surface area contributed by atoms with Crippen molar-refractivity contribution in [1.29, 1.82) is 0 Å². The summed E-state index contributed by atoms with van der Waals surface area (Å²) >= 11 is 0. The van der Waals surface area contributed by atoms with Gasteiger partial charge in [0.2, 0.25) is 0 Å². The maximum atomic E-state index is 6.19. The number of hydrogen-bond donors (Lipinski definition) is 1. The van der Waals surface area contributed by atoms with E-state index in [0.717, 1.165) is 32.8 Å². The Hall–Kier alpha value is -0.900. The highest BCUT2D eigenvalue weighted by molar-refractivity contribution is 5.18. The summed E-state index contributed by atoms with van der Waals surface area (Å²) in [5.41, 5.74) is 7.39. The van der Waals surface area contributed by atoms with Gasteiger partial charge in [0.05, 0.1) is 6.61 Å². The minimum Gasteiger partial charge on any atom is -0.380 e. The van der Waals surface area contributed by atoms with Crippen molar-refractivity contribution in [2.45, 2.75) is 19.9 Å². The Labute approximate surface area is 105 Å². The number of benzene rings is 1. The second-order valence-electron chi connectivity index (χ2n) is 4.11. The zero-order valence-corrected chi connectivity index (χ0v) is 10.9. The molecule has 0 aliphatic rings. The molecule has 0 spiro atoms. The van der Waals surface area contributed by atoms with Crippen LogP contribution in [0.3, 0.4) is 0 Å². The molecule has 0 unspecified atom stereocenters. The normalized spacial score (nSPS) is 12.9. The molecule has 0 aliphatic heterocycles. The molecular weight excluding hydrogens is 212 g/mol. The fraction of sp³-hybridized carbons (Fsp3) is 0.571. The SMILES string of the molecule is CCOCCN(CC)C[C@H](N)c1ccccc1. The van der Waals surface area contributed by atoms with Gasteiger partial charge in [0, 0.05) is 25.7 Å². The summed E-state index contributed by atoms with van der Waals surface area (Å²) < 4.78 is 5.37. The second kappa shape index (κ2) is 8.23. The molecule has 0 saturated carbocycles. The van der Waals surface area contributed by atoms with Crippen LogP contribution in [0.15, 0.2) is 30.3 Å². The van der Waals surface area contributed by atoms with E-state index in [9.17, 15) is 0 Å². The summed E-state index contributed by atoms with van der Waals surface area (Å²) in [5.74, 6) is 0. The van der Waals surface area contributed by atoms with Crippen LogP contribution >= 0.6 is 0 Å². The van der Waals surface area contributed by atoms with Crippen LogP contribution in [0.5, 0.6) is 0 Å². The quantitative estimate of drug-likeness (QED) is 0.702. The predicted octanol–water partition coefficient (Wildman–Crippen LogP) is 2.04. The number of ether oxygens (including phenoxy) is 1. The molecule has 2 N–H and O–H groups in total. The Balaban J connectivity index is 2.39. The van der Waals surface area contributed by atoms with Gasteiger partial charge in [0.15, 0.2) is 0 Å². The van der Waals surface area contributed by atoms with Gasteiger partial charge in [-0.05, 0) is 19.0 Å². The van der Waals surface area contributed by atoms with Crippen molar-refractivity contribution in [3.05, 3.63) is 35.9 Å². The van der Waals surface area contributed by atoms with Crippen molar-refractivity contribution in [2.75, 3.05) is 32.8 Å². The van der Waals surface area contributed by atoms with E-state index < -0.39 is 0 Å². The average molecular weight is 236 g/mol. The molecule has 17 heavy (non-hydrogen) atoms. The molecule has 3 nitrogen and oxygen atoms in total. The van der Waals surface area contributed by atoms with Gasteiger partial charge in [-0.2, -0.15) is 0 Å². The van der Waals surface area contributed by atoms with E-state index in [1.807, 2.05) is 25.1 Å². The minimum atomic E-state index is 0.0813. The Morgan fingerprint density at radius 2 is 1.94 bits per heavy atom. The molecule has 0 aliphatic carbocycles. The average Bonchev–Trinajstić information content (AvgIpc) is 2.38. The standard InChI is InChI=1S/C14H24N2O/c1-3-16(10-11-17-4-2)12-14(15)13-8-6-5-7-9-13/h5-9,14H,3-4,10-12,15H2,1-2H3/t14-/m0/s1. The molecule has 1 aromatic carbocycles. The lowest BCUT2D eigenvalue weighted by molar-refractivity contribution is 0.113. The largest absolute Gasteiger partial charge is 0.380 e. The van der Waals surface area contributed by atoms with E-state index in [0.29, 0.717) is 0 Å². The van der Waals surface area contributed by atoms with E-state index in [2.05, 4.69) is 24.0 Å². The summed E-state index contributed by atoms with van der Waals surface area (Å²) in [7, 11) is 0. The first-order valence-corrected chi connectivity index (χ1v) is 6.38. The Kier molecular flexibility index (Phi) is 6.86. The third kappa shape index (κ3) is 5.31. The smallest absolute Gasteiger partial charge is 0.0593 e. The van der Waals surface area contributed by atoms with Crippen molar-refractivity contribution in [1.82, 2.24) is 4.90 Å². The summed E-state index contributed by atoms with van der Waals surface area (Å²) in [6.07, 6.45) is 0. The molecule has 0 amide bonds. The van der Waals surface area contributed by atoms with Gasteiger partial charge >= 0.3 is 0 Å². The fourth-order valence-electron chi connectivity index (χ4n) is 1.80. The van der Waals surface area contributed by atoms with E-state index in [1.165, 1.54) is 5.56 Å². The molecule has 0 heterocycles. The molecule has 1 rings (SSSR count). The first-order valence-electron chi connectivity index (χ1n) is 6.38. The van der Waals surface area contributed by atoms with Gasteiger partial charge in [-0.1, -0.05) is 37.3 Å². The Morgan fingerprint density at radius 3 is 2.53 bits per heavy atom.